The van der Waals surface area contributed by atoms with Crippen LogP contribution in [0.4, 0.5) is 20.8 Å². The molecule has 2 aromatic heterocycles. The van der Waals surface area contributed by atoms with Crippen molar-refractivity contribution in [2.45, 2.75) is 39.3 Å². The summed E-state index contributed by atoms with van der Waals surface area (Å²) in [6, 6.07) is 8.63. The molecule has 11 heteroatoms. The van der Waals surface area contributed by atoms with Gasteiger partial charge in [0.2, 0.25) is 0 Å². The Morgan fingerprint density at radius 3 is 2.68 bits per heavy atom. The molecule has 0 radical (unpaired) electrons. The maximum Gasteiger partial charge on any atom is 0.410 e. The molecule has 1 amide bonds. The van der Waals surface area contributed by atoms with Crippen molar-refractivity contribution in [3.8, 4) is 6.07 Å². The van der Waals surface area contributed by atoms with Gasteiger partial charge in [0.25, 0.3) is 0 Å². The molecule has 1 aromatic carbocycles. The van der Waals surface area contributed by atoms with Gasteiger partial charge in [-0.2, -0.15) is 5.26 Å². The number of nitrogens with zero attached hydrogens (tertiary/aromatic N) is 6. The van der Waals surface area contributed by atoms with Crippen molar-refractivity contribution in [1.29, 1.82) is 5.26 Å². The first-order chi connectivity index (χ1) is 17.6. The van der Waals surface area contributed by atoms with Crippen LogP contribution in [0, 0.1) is 17.1 Å². The number of hydrogen-bond donors (Lipinski definition) is 2. The molecule has 0 unspecified atom stereocenters. The van der Waals surface area contributed by atoms with Gasteiger partial charge in [-0.3, -0.25) is 9.88 Å². The van der Waals surface area contributed by atoms with Crippen LogP contribution in [-0.2, 0) is 17.7 Å². The minimum atomic E-state index is -0.535. The first-order valence-corrected chi connectivity index (χ1v) is 12.2. The van der Waals surface area contributed by atoms with Crippen LogP contribution in [-0.4, -0.2) is 69.2 Å². The normalized spacial score (nSPS) is 14.4. The smallest absolute Gasteiger partial charge is 0.410 e. The van der Waals surface area contributed by atoms with E-state index in [9.17, 15) is 14.4 Å². The van der Waals surface area contributed by atoms with E-state index < -0.39 is 5.60 Å². The molecular formula is C26H31FN8O2. The average molecular weight is 507 g/mol. The molecule has 1 saturated heterocycles. The molecule has 194 valence electrons. The van der Waals surface area contributed by atoms with Gasteiger partial charge < -0.3 is 20.7 Å². The zero-order valence-electron chi connectivity index (χ0n) is 21.3. The summed E-state index contributed by atoms with van der Waals surface area (Å²) in [7, 11) is 0. The number of carbonyl (C=O) groups is 1. The number of amides is 1. The number of aromatic nitrogens is 3. The second kappa shape index (κ2) is 10.9. The molecule has 0 bridgehead atoms. The monoisotopic (exact) mass is 506 g/mol. The maximum atomic E-state index is 13.9. The molecule has 4 rings (SSSR count). The first kappa shape index (κ1) is 26.0. The summed E-state index contributed by atoms with van der Waals surface area (Å²) in [4.78, 5) is 29.1. The van der Waals surface area contributed by atoms with Crippen molar-refractivity contribution in [2.75, 3.05) is 43.8 Å². The predicted molar refractivity (Wildman–Crippen MR) is 138 cm³/mol. The molecule has 0 atom stereocenters. The Kier molecular flexibility index (Phi) is 7.69. The highest BCUT2D eigenvalue weighted by Gasteiger charge is 2.26. The highest BCUT2D eigenvalue weighted by Crippen LogP contribution is 2.22. The van der Waals surface area contributed by atoms with E-state index in [4.69, 9.17) is 15.5 Å². The standard InChI is InChI=1S/C26H31FN8O2/c1-26(2,3)37-25(36)35-10-8-34(9-11-35)15-22-18(12-17-4-5-19(27)13-21(17)33-22)6-7-30-24-20(14-28)23(29)31-16-32-24/h4-5,12-13,16H,6-11,15H2,1-3H3,(H3,29,30,31,32). The van der Waals surface area contributed by atoms with Crippen molar-refractivity contribution in [2.24, 2.45) is 0 Å². The van der Waals surface area contributed by atoms with Crippen LogP contribution in [0.5, 0.6) is 0 Å². The number of piperazine rings is 1. The number of pyridine rings is 1. The Balaban J connectivity index is 1.48. The first-order valence-electron chi connectivity index (χ1n) is 12.2. The third kappa shape index (κ3) is 6.59. The number of nitrogen functional groups attached to an aromatic ring is 1. The number of fused-ring (bicyclic) bond motifs is 1. The van der Waals surface area contributed by atoms with Gasteiger partial charge in [-0.1, -0.05) is 0 Å². The van der Waals surface area contributed by atoms with Gasteiger partial charge in [0.1, 0.15) is 41.0 Å². The fourth-order valence-electron chi connectivity index (χ4n) is 4.16. The van der Waals surface area contributed by atoms with E-state index >= 15 is 0 Å². The second-order valence-electron chi connectivity index (χ2n) is 9.95. The molecule has 3 heterocycles. The Hall–Kier alpha value is -4.04. The van der Waals surface area contributed by atoms with Gasteiger partial charge in [-0.05, 0) is 51.0 Å². The van der Waals surface area contributed by atoms with Crippen molar-refractivity contribution in [3.05, 3.63) is 53.2 Å². The summed E-state index contributed by atoms with van der Waals surface area (Å²) in [6.07, 6.45) is 1.61. The summed E-state index contributed by atoms with van der Waals surface area (Å²) in [5, 5.41) is 13.4. The topological polar surface area (TPSA) is 133 Å². The largest absolute Gasteiger partial charge is 0.444 e. The fraction of sp³-hybridized carbons (Fsp3) is 0.423. The highest BCUT2D eigenvalue weighted by molar-refractivity contribution is 5.79. The quantitative estimate of drug-likeness (QED) is 0.516. The highest BCUT2D eigenvalue weighted by atomic mass is 19.1. The van der Waals surface area contributed by atoms with E-state index in [1.54, 1.807) is 11.0 Å². The number of halogens is 1. The summed E-state index contributed by atoms with van der Waals surface area (Å²) < 4.78 is 19.4. The molecule has 37 heavy (non-hydrogen) atoms. The van der Waals surface area contributed by atoms with E-state index in [1.165, 1.54) is 18.5 Å². The van der Waals surface area contributed by atoms with Crippen LogP contribution < -0.4 is 11.1 Å². The number of carbonyl (C=O) groups excluding carboxylic acids is 1. The van der Waals surface area contributed by atoms with Crippen LogP contribution >= 0.6 is 0 Å². The molecule has 1 aliphatic heterocycles. The number of anilines is 2. The zero-order chi connectivity index (χ0) is 26.6. The molecule has 3 N–H and O–H groups in total. The van der Waals surface area contributed by atoms with Gasteiger partial charge >= 0.3 is 6.09 Å². The van der Waals surface area contributed by atoms with E-state index in [2.05, 4.69) is 20.2 Å². The molecule has 3 aromatic rings. The van der Waals surface area contributed by atoms with Crippen LogP contribution in [0.15, 0.2) is 30.6 Å². The van der Waals surface area contributed by atoms with E-state index in [-0.39, 0.29) is 23.3 Å². The van der Waals surface area contributed by atoms with Crippen molar-refractivity contribution in [1.82, 2.24) is 24.8 Å². The van der Waals surface area contributed by atoms with E-state index in [0.29, 0.717) is 57.0 Å². The van der Waals surface area contributed by atoms with Crippen LogP contribution in [0.25, 0.3) is 10.9 Å². The lowest BCUT2D eigenvalue weighted by Gasteiger charge is -2.35. The van der Waals surface area contributed by atoms with Gasteiger partial charge in [0.05, 0.1) is 11.2 Å². The number of hydrogen-bond acceptors (Lipinski definition) is 9. The minimum absolute atomic E-state index is 0.126. The molecule has 1 aliphatic rings. The van der Waals surface area contributed by atoms with Crippen molar-refractivity contribution < 1.29 is 13.9 Å². The van der Waals surface area contributed by atoms with Crippen LogP contribution in [0.1, 0.15) is 37.6 Å². The lowest BCUT2D eigenvalue weighted by atomic mass is 10.1. The molecule has 0 saturated carbocycles. The fourth-order valence-corrected chi connectivity index (χ4v) is 4.16. The van der Waals surface area contributed by atoms with Crippen molar-refractivity contribution >= 4 is 28.6 Å². The molecule has 0 spiro atoms. The molecule has 1 fully saturated rings. The van der Waals surface area contributed by atoms with E-state index in [0.717, 1.165) is 16.6 Å². The average Bonchev–Trinajstić information content (AvgIpc) is 2.84. The number of nitrogens with one attached hydrogen (secondary N) is 1. The molecule has 10 nitrogen and oxygen atoms in total. The number of rotatable bonds is 6. The lowest BCUT2D eigenvalue weighted by molar-refractivity contribution is 0.0138. The Morgan fingerprint density at radius 1 is 1.22 bits per heavy atom. The van der Waals surface area contributed by atoms with Crippen molar-refractivity contribution in [3.63, 3.8) is 0 Å². The predicted octanol–water partition coefficient (Wildman–Crippen LogP) is 3.33. The number of ether oxygens (including phenoxy) is 1. The summed E-state index contributed by atoms with van der Waals surface area (Å²) in [5.41, 5.74) is 7.89. The second-order valence-corrected chi connectivity index (χ2v) is 9.95. The molecule has 0 aliphatic carbocycles. The summed E-state index contributed by atoms with van der Waals surface area (Å²) >= 11 is 0. The summed E-state index contributed by atoms with van der Waals surface area (Å²) in [6.45, 7) is 9.07. The third-order valence-electron chi connectivity index (χ3n) is 6.02. The van der Waals surface area contributed by atoms with Crippen LogP contribution in [0.3, 0.4) is 0 Å². The summed E-state index contributed by atoms with van der Waals surface area (Å²) in [5.74, 6) is 0.169. The zero-order valence-corrected chi connectivity index (χ0v) is 21.3. The minimum Gasteiger partial charge on any atom is -0.444 e. The van der Waals surface area contributed by atoms with Gasteiger partial charge in [-0.25, -0.2) is 19.2 Å². The third-order valence-corrected chi connectivity index (χ3v) is 6.02. The van der Waals surface area contributed by atoms with Crippen LogP contribution in [0.2, 0.25) is 0 Å². The maximum absolute atomic E-state index is 13.9. The lowest BCUT2D eigenvalue weighted by Crippen LogP contribution is -2.49. The Labute approximate surface area is 215 Å². The van der Waals surface area contributed by atoms with E-state index in [1.807, 2.05) is 32.9 Å². The van der Waals surface area contributed by atoms with Gasteiger partial charge in [0.15, 0.2) is 0 Å². The number of benzene rings is 1. The van der Waals surface area contributed by atoms with Gasteiger partial charge in [0, 0.05) is 50.7 Å². The Bertz CT molecular complexity index is 1330. The van der Waals surface area contributed by atoms with Gasteiger partial charge in [-0.15, -0.1) is 0 Å². The number of nitriles is 1. The SMILES string of the molecule is CC(C)(C)OC(=O)N1CCN(Cc2nc3cc(F)ccc3cc2CCNc2ncnc(N)c2C#N)CC1. The Morgan fingerprint density at radius 2 is 1.97 bits per heavy atom. The number of nitrogens with two attached hydrogens (primary N) is 1. The molecular weight excluding hydrogens is 475 g/mol.